The second kappa shape index (κ2) is 6.60. The van der Waals surface area contributed by atoms with Gasteiger partial charge in [0.25, 0.3) is 5.89 Å². The van der Waals surface area contributed by atoms with E-state index in [0.717, 1.165) is 21.8 Å². The minimum atomic E-state index is -0.702. The molecule has 0 aliphatic heterocycles. The Hall–Kier alpha value is -3.61. The quantitative estimate of drug-likeness (QED) is 0.508. The maximum absolute atomic E-state index is 12.8. The van der Waals surface area contributed by atoms with Gasteiger partial charge in [0.2, 0.25) is 0 Å². The minimum absolute atomic E-state index is 0.0487. The van der Waals surface area contributed by atoms with E-state index in [1.54, 1.807) is 12.1 Å². The van der Waals surface area contributed by atoms with Crippen LogP contribution < -0.4 is 5.76 Å². The van der Waals surface area contributed by atoms with Crippen LogP contribution in [0.3, 0.4) is 0 Å². The predicted octanol–water partition coefficient (Wildman–Crippen LogP) is 3.39. The number of carbonyl (C=O) groups excluding carboxylic acids is 1. The van der Waals surface area contributed by atoms with E-state index >= 15 is 0 Å². The average Bonchev–Trinajstić information content (AvgIpc) is 3.36. The van der Waals surface area contributed by atoms with Gasteiger partial charge in [0, 0.05) is 22.6 Å². The van der Waals surface area contributed by atoms with Crippen molar-refractivity contribution in [2.75, 3.05) is 0 Å². The molecule has 27 heavy (non-hydrogen) atoms. The van der Waals surface area contributed by atoms with Gasteiger partial charge in [0.05, 0.1) is 6.26 Å². The smallest absolute Gasteiger partial charge is 0.437 e. The molecule has 0 saturated carbocycles. The van der Waals surface area contributed by atoms with Gasteiger partial charge in [-0.1, -0.05) is 18.2 Å². The van der Waals surface area contributed by atoms with Crippen LogP contribution >= 0.6 is 0 Å². The van der Waals surface area contributed by atoms with E-state index < -0.39 is 5.76 Å². The summed E-state index contributed by atoms with van der Waals surface area (Å²) >= 11 is 0. The SMILES string of the molecule is Cc1cc(C(=O)Cn2nc(-c3ccco3)oc2=O)c(C)n1-c1ccccc1. The van der Waals surface area contributed by atoms with Crippen molar-refractivity contribution < 1.29 is 13.6 Å². The highest BCUT2D eigenvalue weighted by molar-refractivity contribution is 5.97. The molecule has 0 radical (unpaired) electrons. The molecular weight excluding hydrogens is 346 g/mol. The summed E-state index contributed by atoms with van der Waals surface area (Å²) in [5.41, 5.74) is 3.27. The Morgan fingerprint density at radius 1 is 1.11 bits per heavy atom. The Kier molecular flexibility index (Phi) is 4.12. The number of carbonyl (C=O) groups is 1. The van der Waals surface area contributed by atoms with Crippen LogP contribution in [0.1, 0.15) is 21.7 Å². The van der Waals surface area contributed by atoms with Gasteiger partial charge in [0.15, 0.2) is 11.5 Å². The molecule has 0 aliphatic rings. The topological polar surface area (TPSA) is 83.2 Å². The van der Waals surface area contributed by atoms with Crippen molar-refractivity contribution in [3.8, 4) is 17.3 Å². The molecule has 136 valence electrons. The average molecular weight is 363 g/mol. The summed E-state index contributed by atoms with van der Waals surface area (Å²) in [7, 11) is 0. The van der Waals surface area contributed by atoms with E-state index in [4.69, 9.17) is 8.83 Å². The highest BCUT2D eigenvalue weighted by atomic mass is 16.4. The molecule has 0 spiro atoms. The minimum Gasteiger partial charge on any atom is -0.459 e. The predicted molar refractivity (Wildman–Crippen MR) is 98.0 cm³/mol. The first kappa shape index (κ1) is 16.8. The Labute approximate surface area is 154 Å². The van der Waals surface area contributed by atoms with Crippen LogP contribution in [0.5, 0.6) is 0 Å². The van der Waals surface area contributed by atoms with Crippen LogP contribution in [-0.2, 0) is 6.54 Å². The number of furan rings is 1. The third-order valence-electron chi connectivity index (χ3n) is 4.38. The van der Waals surface area contributed by atoms with Gasteiger partial charge < -0.3 is 13.4 Å². The van der Waals surface area contributed by atoms with Gasteiger partial charge in [-0.25, -0.2) is 4.79 Å². The first-order valence-corrected chi connectivity index (χ1v) is 8.44. The molecule has 1 aromatic carbocycles. The lowest BCUT2D eigenvalue weighted by molar-refractivity contribution is 0.0964. The Morgan fingerprint density at radius 3 is 2.59 bits per heavy atom. The molecular formula is C20H17N3O4. The number of para-hydroxylation sites is 1. The van der Waals surface area contributed by atoms with Crippen LogP contribution in [0.2, 0.25) is 0 Å². The molecule has 4 rings (SSSR count). The number of benzene rings is 1. The normalized spacial score (nSPS) is 11.0. The molecule has 0 unspecified atom stereocenters. The molecule has 0 fully saturated rings. The molecule has 7 nitrogen and oxygen atoms in total. The van der Waals surface area contributed by atoms with Gasteiger partial charge in [0.1, 0.15) is 6.54 Å². The van der Waals surface area contributed by atoms with Gasteiger partial charge in [-0.3, -0.25) is 4.79 Å². The second-order valence-corrected chi connectivity index (χ2v) is 6.19. The maximum atomic E-state index is 12.8. The summed E-state index contributed by atoms with van der Waals surface area (Å²) in [6.07, 6.45) is 1.46. The van der Waals surface area contributed by atoms with Gasteiger partial charge in [-0.2, -0.15) is 4.68 Å². The zero-order valence-corrected chi connectivity index (χ0v) is 14.9. The summed E-state index contributed by atoms with van der Waals surface area (Å²) in [5.74, 6) is -0.536. The number of aryl methyl sites for hydroxylation is 1. The van der Waals surface area contributed by atoms with Crippen LogP contribution in [0.25, 0.3) is 17.3 Å². The third kappa shape index (κ3) is 3.03. The third-order valence-corrected chi connectivity index (χ3v) is 4.38. The second-order valence-electron chi connectivity index (χ2n) is 6.19. The maximum Gasteiger partial charge on any atom is 0.437 e. The van der Waals surface area contributed by atoms with Gasteiger partial charge >= 0.3 is 5.76 Å². The van der Waals surface area contributed by atoms with Crippen LogP contribution in [-0.4, -0.2) is 20.1 Å². The standard InChI is InChI=1S/C20H17N3O4/c1-13-11-16(14(2)23(13)15-7-4-3-5-8-15)17(24)12-22-20(25)27-19(21-22)18-9-6-10-26-18/h3-11H,12H2,1-2H3. The molecule has 3 heterocycles. The molecule has 0 N–H and O–H groups in total. The van der Waals surface area contributed by atoms with Crippen molar-refractivity contribution in [3.05, 3.63) is 82.3 Å². The number of ketones is 1. The highest BCUT2D eigenvalue weighted by Crippen LogP contribution is 2.21. The first-order chi connectivity index (χ1) is 13.0. The van der Waals surface area contributed by atoms with Crippen molar-refractivity contribution in [3.63, 3.8) is 0 Å². The van der Waals surface area contributed by atoms with Crippen molar-refractivity contribution in [2.45, 2.75) is 20.4 Å². The van der Waals surface area contributed by atoms with E-state index in [-0.39, 0.29) is 18.2 Å². The molecule has 0 aliphatic carbocycles. The van der Waals surface area contributed by atoms with E-state index in [1.165, 1.54) is 6.26 Å². The molecule has 0 saturated heterocycles. The summed E-state index contributed by atoms with van der Waals surface area (Å²) in [6, 6.07) is 14.9. The number of nitrogens with zero attached hydrogens (tertiary/aromatic N) is 3. The zero-order chi connectivity index (χ0) is 19.0. The molecule has 7 heteroatoms. The summed E-state index contributed by atoms with van der Waals surface area (Å²) in [5, 5.41) is 4.05. The molecule has 4 aromatic rings. The van der Waals surface area contributed by atoms with Crippen molar-refractivity contribution in [2.24, 2.45) is 0 Å². The van der Waals surface area contributed by atoms with E-state index in [1.807, 2.05) is 54.8 Å². The summed E-state index contributed by atoms with van der Waals surface area (Å²) in [4.78, 5) is 24.8. The number of hydrogen-bond acceptors (Lipinski definition) is 5. The number of hydrogen-bond donors (Lipinski definition) is 0. The van der Waals surface area contributed by atoms with Crippen LogP contribution in [0.4, 0.5) is 0 Å². The van der Waals surface area contributed by atoms with Crippen LogP contribution in [0, 0.1) is 13.8 Å². The lowest BCUT2D eigenvalue weighted by Crippen LogP contribution is -2.21. The molecule has 3 aromatic heterocycles. The number of aromatic nitrogens is 3. The zero-order valence-electron chi connectivity index (χ0n) is 14.9. The fraction of sp³-hybridized carbons (Fsp3) is 0.150. The lowest BCUT2D eigenvalue weighted by atomic mass is 10.1. The largest absolute Gasteiger partial charge is 0.459 e. The monoisotopic (exact) mass is 363 g/mol. The number of rotatable bonds is 5. The molecule has 0 bridgehead atoms. The Morgan fingerprint density at radius 2 is 1.89 bits per heavy atom. The summed E-state index contributed by atoms with van der Waals surface area (Å²) < 4.78 is 13.3. The van der Waals surface area contributed by atoms with Crippen molar-refractivity contribution in [1.82, 2.24) is 14.3 Å². The van der Waals surface area contributed by atoms with E-state index in [9.17, 15) is 9.59 Å². The number of Topliss-reactive ketones (excluding diaryl/α,β-unsaturated/α-hetero) is 1. The van der Waals surface area contributed by atoms with Gasteiger partial charge in [-0.15, -0.1) is 5.10 Å². The molecule has 0 atom stereocenters. The van der Waals surface area contributed by atoms with Gasteiger partial charge in [-0.05, 0) is 44.2 Å². The lowest BCUT2D eigenvalue weighted by Gasteiger charge is -2.09. The first-order valence-electron chi connectivity index (χ1n) is 8.44. The molecule has 0 amide bonds. The fourth-order valence-electron chi connectivity index (χ4n) is 3.15. The van der Waals surface area contributed by atoms with E-state index in [2.05, 4.69) is 5.10 Å². The fourth-order valence-corrected chi connectivity index (χ4v) is 3.15. The Bertz CT molecular complexity index is 1150. The highest BCUT2D eigenvalue weighted by Gasteiger charge is 2.20. The van der Waals surface area contributed by atoms with Crippen LogP contribution in [0.15, 0.2) is 68.4 Å². The van der Waals surface area contributed by atoms with Crippen molar-refractivity contribution in [1.29, 1.82) is 0 Å². The van der Waals surface area contributed by atoms with E-state index in [0.29, 0.717) is 11.3 Å². The van der Waals surface area contributed by atoms with Crippen molar-refractivity contribution >= 4 is 5.78 Å². The summed E-state index contributed by atoms with van der Waals surface area (Å²) in [6.45, 7) is 3.61. The Balaban J connectivity index is 1.64.